The summed E-state index contributed by atoms with van der Waals surface area (Å²) in [5.74, 6) is 4.48. The number of hydrogen-bond donors (Lipinski definition) is 0. The van der Waals surface area contributed by atoms with Crippen molar-refractivity contribution in [2.45, 2.75) is 80.6 Å². The second kappa shape index (κ2) is 9.00. The van der Waals surface area contributed by atoms with Gasteiger partial charge in [-0.3, -0.25) is 0 Å². The van der Waals surface area contributed by atoms with Gasteiger partial charge in [0.05, 0.1) is 0 Å². The van der Waals surface area contributed by atoms with E-state index in [1.165, 1.54) is 32.1 Å². The maximum Gasteiger partial charge on any atom is -0.0386 e. The maximum absolute atomic E-state index is 2.45. The lowest BCUT2D eigenvalue weighted by Gasteiger charge is -2.27. The molecule has 0 amide bonds. The van der Waals surface area contributed by atoms with E-state index < -0.39 is 0 Å². The lowest BCUT2D eigenvalue weighted by Crippen LogP contribution is -2.16. The Labute approximate surface area is 111 Å². The Hall–Kier alpha value is 0. The molecule has 3 unspecified atom stereocenters. The summed E-state index contributed by atoms with van der Waals surface area (Å²) in [6.07, 6.45) is 7.03. The molecule has 0 rings (SSSR count). The van der Waals surface area contributed by atoms with Crippen LogP contribution in [0.25, 0.3) is 0 Å². The first-order chi connectivity index (χ1) is 7.86. The van der Waals surface area contributed by atoms with E-state index in [1.807, 2.05) is 0 Å². The summed E-state index contributed by atoms with van der Waals surface area (Å²) in [6, 6.07) is 0. The molecule has 0 nitrogen and oxygen atoms in total. The zero-order valence-electron chi connectivity index (χ0n) is 13.4. The first-order valence-corrected chi connectivity index (χ1v) is 7.86. The van der Waals surface area contributed by atoms with Crippen LogP contribution in [0, 0.1) is 29.6 Å². The minimum absolute atomic E-state index is 0.854. The van der Waals surface area contributed by atoms with Gasteiger partial charge in [0.1, 0.15) is 0 Å². The molecule has 3 atom stereocenters. The van der Waals surface area contributed by atoms with Crippen molar-refractivity contribution >= 4 is 0 Å². The van der Waals surface area contributed by atoms with Crippen LogP contribution in [0.3, 0.4) is 0 Å². The van der Waals surface area contributed by atoms with Crippen LogP contribution in [0.1, 0.15) is 80.6 Å². The van der Waals surface area contributed by atoms with Crippen molar-refractivity contribution in [3.05, 3.63) is 0 Å². The third kappa shape index (κ3) is 8.69. The molecular formula is C17H36. The van der Waals surface area contributed by atoms with Gasteiger partial charge >= 0.3 is 0 Å². The van der Waals surface area contributed by atoms with Crippen molar-refractivity contribution in [1.29, 1.82) is 0 Å². The average Bonchev–Trinajstić information content (AvgIpc) is 2.21. The fraction of sp³-hybridized carbons (Fsp3) is 1.00. The minimum Gasteiger partial charge on any atom is -0.0651 e. The van der Waals surface area contributed by atoms with Crippen molar-refractivity contribution in [3.63, 3.8) is 0 Å². The molecule has 0 fully saturated rings. The topological polar surface area (TPSA) is 0 Å². The van der Waals surface area contributed by atoms with Gasteiger partial charge in [-0.25, -0.2) is 0 Å². The summed E-state index contributed by atoms with van der Waals surface area (Å²) < 4.78 is 0. The van der Waals surface area contributed by atoms with Gasteiger partial charge in [-0.1, -0.05) is 61.3 Å². The molecule has 0 saturated heterocycles. The summed E-state index contributed by atoms with van der Waals surface area (Å²) in [4.78, 5) is 0. The molecule has 0 aromatic rings. The van der Waals surface area contributed by atoms with Gasteiger partial charge in [0.15, 0.2) is 0 Å². The Bertz CT molecular complexity index is 169. The van der Waals surface area contributed by atoms with Crippen LogP contribution in [0.15, 0.2) is 0 Å². The lowest BCUT2D eigenvalue weighted by atomic mass is 9.79. The third-order valence-electron chi connectivity index (χ3n) is 4.14. The Morgan fingerprint density at radius 1 is 0.706 bits per heavy atom. The second-order valence-electron chi connectivity index (χ2n) is 7.09. The average molecular weight is 240 g/mol. The first-order valence-electron chi connectivity index (χ1n) is 7.86. The van der Waals surface area contributed by atoms with Gasteiger partial charge in [-0.15, -0.1) is 0 Å². The molecule has 0 spiro atoms. The van der Waals surface area contributed by atoms with E-state index in [4.69, 9.17) is 0 Å². The van der Waals surface area contributed by atoms with Gasteiger partial charge in [0, 0.05) is 0 Å². The van der Waals surface area contributed by atoms with Crippen LogP contribution >= 0.6 is 0 Å². The van der Waals surface area contributed by atoms with Gasteiger partial charge in [0.25, 0.3) is 0 Å². The van der Waals surface area contributed by atoms with Crippen molar-refractivity contribution in [2.75, 3.05) is 0 Å². The largest absolute Gasteiger partial charge is 0.0651 e. The fourth-order valence-corrected chi connectivity index (χ4v) is 2.93. The van der Waals surface area contributed by atoms with Crippen LogP contribution in [-0.4, -0.2) is 0 Å². The zero-order chi connectivity index (χ0) is 13.4. The summed E-state index contributed by atoms with van der Waals surface area (Å²) in [7, 11) is 0. The Morgan fingerprint density at radius 2 is 1.29 bits per heavy atom. The van der Waals surface area contributed by atoms with Crippen LogP contribution in [-0.2, 0) is 0 Å². The van der Waals surface area contributed by atoms with Gasteiger partial charge in [-0.2, -0.15) is 0 Å². The van der Waals surface area contributed by atoms with Crippen LogP contribution in [0.2, 0.25) is 0 Å². The molecule has 0 aromatic heterocycles. The molecule has 17 heavy (non-hydrogen) atoms. The van der Waals surface area contributed by atoms with Gasteiger partial charge < -0.3 is 0 Å². The summed E-state index contributed by atoms with van der Waals surface area (Å²) >= 11 is 0. The van der Waals surface area contributed by atoms with Crippen LogP contribution in [0.5, 0.6) is 0 Å². The first kappa shape index (κ1) is 17.0. The molecule has 0 aromatic carbocycles. The number of rotatable bonds is 9. The molecule has 0 aliphatic carbocycles. The summed E-state index contributed by atoms with van der Waals surface area (Å²) in [5.41, 5.74) is 0. The SMILES string of the molecule is CCC(C)C(CCC(C)C)CC(C)CC(C)C. The summed E-state index contributed by atoms with van der Waals surface area (Å²) in [6.45, 7) is 16.7. The quantitative estimate of drug-likeness (QED) is 0.453. The molecule has 0 bridgehead atoms. The third-order valence-corrected chi connectivity index (χ3v) is 4.14. The predicted octanol–water partition coefficient (Wildman–Crippen LogP) is 6.16. The van der Waals surface area contributed by atoms with E-state index in [2.05, 4.69) is 48.5 Å². The molecule has 104 valence electrons. The highest BCUT2D eigenvalue weighted by atomic mass is 14.2. The highest BCUT2D eigenvalue weighted by molar-refractivity contribution is 4.70. The van der Waals surface area contributed by atoms with Crippen molar-refractivity contribution in [3.8, 4) is 0 Å². The predicted molar refractivity (Wildman–Crippen MR) is 80.3 cm³/mol. The van der Waals surface area contributed by atoms with E-state index in [0.29, 0.717) is 0 Å². The van der Waals surface area contributed by atoms with E-state index in [9.17, 15) is 0 Å². The molecule has 0 heteroatoms. The standard InChI is InChI=1S/C17H36/c1-8-16(7)17(10-9-13(2)3)12-15(6)11-14(4)5/h13-17H,8-12H2,1-7H3. The van der Waals surface area contributed by atoms with E-state index in [-0.39, 0.29) is 0 Å². The normalized spacial score (nSPS) is 17.5. The van der Waals surface area contributed by atoms with Crippen molar-refractivity contribution in [2.24, 2.45) is 29.6 Å². The number of hydrogen-bond acceptors (Lipinski definition) is 0. The van der Waals surface area contributed by atoms with Crippen LogP contribution < -0.4 is 0 Å². The van der Waals surface area contributed by atoms with E-state index in [0.717, 1.165) is 29.6 Å². The second-order valence-corrected chi connectivity index (χ2v) is 7.09. The molecule has 0 aliphatic heterocycles. The highest BCUT2D eigenvalue weighted by Gasteiger charge is 2.19. The Kier molecular flexibility index (Phi) is 9.00. The Morgan fingerprint density at radius 3 is 1.71 bits per heavy atom. The minimum atomic E-state index is 0.854. The molecule has 0 radical (unpaired) electrons. The summed E-state index contributed by atoms with van der Waals surface area (Å²) in [5, 5.41) is 0. The van der Waals surface area contributed by atoms with E-state index in [1.54, 1.807) is 0 Å². The van der Waals surface area contributed by atoms with Crippen LogP contribution in [0.4, 0.5) is 0 Å². The van der Waals surface area contributed by atoms with Crippen molar-refractivity contribution < 1.29 is 0 Å². The molecular weight excluding hydrogens is 204 g/mol. The smallest absolute Gasteiger partial charge is 0.0386 e. The van der Waals surface area contributed by atoms with E-state index >= 15 is 0 Å². The molecule has 0 saturated carbocycles. The highest BCUT2D eigenvalue weighted by Crippen LogP contribution is 2.30. The molecule has 0 N–H and O–H groups in total. The fourth-order valence-electron chi connectivity index (χ4n) is 2.93. The van der Waals surface area contributed by atoms with Crippen molar-refractivity contribution in [1.82, 2.24) is 0 Å². The molecule has 0 heterocycles. The van der Waals surface area contributed by atoms with Gasteiger partial charge in [0.2, 0.25) is 0 Å². The monoisotopic (exact) mass is 240 g/mol. The molecule has 0 aliphatic rings. The maximum atomic E-state index is 2.45. The van der Waals surface area contributed by atoms with Gasteiger partial charge in [-0.05, 0) is 48.9 Å². The zero-order valence-corrected chi connectivity index (χ0v) is 13.4. The Balaban J connectivity index is 4.17. The lowest BCUT2D eigenvalue weighted by molar-refractivity contribution is 0.239.